The SMILES string of the molecule is O=C1OCCC1NC(=O)C(F)(F)S(=O)(=O)O. The Balaban J connectivity index is 2.76. The van der Waals surface area contributed by atoms with Crippen molar-refractivity contribution in [3.8, 4) is 0 Å². The van der Waals surface area contributed by atoms with Crippen LogP contribution in [0.3, 0.4) is 0 Å². The van der Waals surface area contributed by atoms with Crippen LogP contribution >= 0.6 is 0 Å². The van der Waals surface area contributed by atoms with Crippen LogP contribution in [0.1, 0.15) is 6.42 Å². The van der Waals surface area contributed by atoms with Crippen molar-refractivity contribution in [1.82, 2.24) is 5.32 Å². The molecule has 0 spiro atoms. The molecule has 0 radical (unpaired) electrons. The molecule has 0 bridgehead atoms. The van der Waals surface area contributed by atoms with E-state index in [1.165, 1.54) is 5.32 Å². The molecule has 1 amide bonds. The normalized spacial score (nSPS) is 21.7. The Labute approximate surface area is 88.5 Å². The van der Waals surface area contributed by atoms with E-state index in [-0.39, 0.29) is 13.0 Å². The first-order valence-corrected chi connectivity index (χ1v) is 5.42. The minimum Gasteiger partial charge on any atom is -0.464 e. The second-order valence-electron chi connectivity index (χ2n) is 2.97. The van der Waals surface area contributed by atoms with Crippen molar-refractivity contribution in [1.29, 1.82) is 0 Å². The van der Waals surface area contributed by atoms with Gasteiger partial charge in [-0.25, -0.2) is 4.79 Å². The number of esters is 1. The van der Waals surface area contributed by atoms with Gasteiger partial charge in [0, 0.05) is 6.42 Å². The van der Waals surface area contributed by atoms with Crippen molar-refractivity contribution in [2.45, 2.75) is 17.7 Å². The fraction of sp³-hybridized carbons (Fsp3) is 0.667. The molecular formula is C6H7F2NO6S. The summed E-state index contributed by atoms with van der Waals surface area (Å²) in [7, 11) is -5.86. The number of alkyl halides is 2. The van der Waals surface area contributed by atoms with E-state index in [2.05, 4.69) is 4.74 Å². The third-order valence-corrected chi connectivity index (χ3v) is 2.66. The van der Waals surface area contributed by atoms with Crippen LogP contribution in [0.25, 0.3) is 0 Å². The Hall–Kier alpha value is -1.29. The molecule has 1 fully saturated rings. The number of ether oxygens (including phenoxy) is 1. The van der Waals surface area contributed by atoms with Crippen LogP contribution in [0.15, 0.2) is 0 Å². The van der Waals surface area contributed by atoms with Gasteiger partial charge in [-0.1, -0.05) is 0 Å². The zero-order valence-electron chi connectivity index (χ0n) is 7.64. The van der Waals surface area contributed by atoms with Crippen molar-refractivity contribution in [2.24, 2.45) is 0 Å². The lowest BCUT2D eigenvalue weighted by Crippen LogP contribution is -2.50. The molecule has 0 aromatic carbocycles. The summed E-state index contributed by atoms with van der Waals surface area (Å²) in [5, 5.41) is -3.52. The van der Waals surface area contributed by atoms with Gasteiger partial charge in [0.15, 0.2) is 0 Å². The highest BCUT2D eigenvalue weighted by atomic mass is 32.2. The molecule has 0 aliphatic carbocycles. The molecule has 0 saturated carbocycles. The van der Waals surface area contributed by atoms with Gasteiger partial charge in [0.25, 0.3) is 0 Å². The lowest BCUT2D eigenvalue weighted by molar-refractivity contribution is -0.144. The monoisotopic (exact) mass is 259 g/mol. The molecule has 1 unspecified atom stereocenters. The quantitative estimate of drug-likeness (QED) is 0.491. The van der Waals surface area contributed by atoms with E-state index < -0.39 is 33.3 Å². The molecular weight excluding hydrogens is 252 g/mol. The lowest BCUT2D eigenvalue weighted by Gasteiger charge is -2.14. The summed E-state index contributed by atoms with van der Waals surface area (Å²) in [5.41, 5.74) is 0. The molecule has 2 N–H and O–H groups in total. The van der Waals surface area contributed by atoms with Crippen molar-refractivity contribution in [2.75, 3.05) is 6.61 Å². The Morgan fingerprint density at radius 1 is 1.56 bits per heavy atom. The molecule has 1 heterocycles. The van der Waals surface area contributed by atoms with Crippen LogP contribution in [0, 0.1) is 0 Å². The standard InChI is InChI=1S/C6H7F2NO6S/c7-6(8,16(12,13)14)5(11)9-3-1-2-15-4(3)10/h3H,1-2H2,(H,9,11)(H,12,13,14). The molecule has 1 atom stereocenters. The van der Waals surface area contributed by atoms with Crippen LogP contribution in [0.5, 0.6) is 0 Å². The fourth-order valence-electron chi connectivity index (χ4n) is 0.986. The molecule has 7 nitrogen and oxygen atoms in total. The predicted molar refractivity (Wildman–Crippen MR) is 44.0 cm³/mol. The summed E-state index contributed by atoms with van der Waals surface area (Å²) in [6, 6.07) is -1.32. The number of carbonyl (C=O) groups excluding carboxylic acids is 2. The number of cyclic esters (lactones) is 1. The first-order valence-electron chi connectivity index (χ1n) is 3.98. The average molecular weight is 259 g/mol. The number of carbonyl (C=O) groups is 2. The van der Waals surface area contributed by atoms with Crippen LogP contribution in [-0.4, -0.2) is 42.8 Å². The van der Waals surface area contributed by atoms with Gasteiger partial charge in [0.2, 0.25) is 0 Å². The van der Waals surface area contributed by atoms with Gasteiger partial charge in [0.05, 0.1) is 6.61 Å². The van der Waals surface area contributed by atoms with Crippen LogP contribution in [0.2, 0.25) is 0 Å². The van der Waals surface area contributed by atoms with Gasteiger partial charge in [-0.3, -0.25) is 9.35 Å². The van der Waals surface area contributed by atoms with Crippen molar-refractivity contribution >= 4 is 22.0 Å². The average Bonchev–Trinajstić information content (AvgIpc) is 2.49. The van der Waals surface area contributed by atoms with E-state index in [0.29, 0.717) is 0 Å². The topological polar surface area (TPSA) is 110 Å². The molecule has 1 aliphatic rings. The summed E-state index contributed by atoms with van der Waals surface area (Å²) >= 11 is 0. The minimum absolute atomic E-state index is 0.0356. The predicted octanol–water partition coefficient (Wildman–Crippen LogP) is -1.10. The van der Waals surface area contributed by atoms with E-state index in [0.717, 1.165) is 0 Å². The Kier molecular flexibility index (Phi) is 3.15. The third kappa shape index (κ3) is 2.27. The van der Waals surface area contributed by atoms with E-state index in [9.17, 15) is 26.8 Å². The lowest BCUT2D eigenvalue weighted by atomic mass is 10.2. The Morgan fingerprint density at radius 3 is 2.50 bits per heavy atom. The van der Waals surface area contributed by atoms with Gasteiger partial charge in [-0.15, -0.1) is 0 Å². The second-order valence-corrected chi connectivity index (χ2v) is 4.44. The van der Waals surface area contributed by atoms with Gasteiger partial charge in [-0.05, 0) is 0 Å². The highest BCUT2D eigenvalue weighted by molar-refractivity contribution is 7.87. The molecule has 0 aromatic heterocycles. The fourth-order valence-corrected chi connectivity index (χ4v) is 1.28. The highest BCUT2D eigenvalue weighted by Crippen LogP contribution is 2.21. The van der Waals surface area contributed by atoms with Gasteiger partial charge >= 0.3 is 27.2 Å². The van der Waals surface area contributed by atoms with E-state index in [1.807, 2.05) is 0 Å². The van der Waals surface area contributed by atoms with Crippen LogP contribution in [0.4, 0.5) is 8.78 Å². The summed E-state index contributed by atoms with van der Waals surface area (Å²) in [5.74, 6) is -3.20. The number of hydrogen-bond acceptors (Lipinski definition) is 5. The third-order valence-electron chi connectivity index (χ3n) is 1.83. The zero-order valence-corrected chi connectivity index (χ0v) is 8.46. The van der Waals surface area contributed by atoms with Gasteiger partial charge in [0.1, 0.15) is 6.04 Å². The molecule has 1 aliphatic heterocycles. The maximum Gasteiger partial charge on any atom is 0.446 e. The first kappa shape index (κ1) is 12.8. The first-order chi connectivity index (χ1) is 7.16. The van der Waals surface area contributed by atoms with Crippen molar-refractivity contribution in [3.63, 3.8) is 0 Å². The van der Waals surface area contributed by atoms with Gasteiger partial charge in [-0.2, -0.15) is 17.2 Å². The molecule has 16 heavy (non-hydrogen) atoms. The van der Waals surface area contributed by atoms with E-state index in [1.54, 1.807) is 0 Å². The zero-order chi connectivity index (χ0) is 12.6. The summed E-state index contributed by atoms with van der Waals surface area (Å²) < 4.78 is 58.2. The highest BCUT2D eigenvalue weighted by Gasteiger charge is 2.53. The molecule has 0 aromatic rings. The van der Waals surface area contributed by atoms with Crippen LogP contribution < -0.4 is 5.32 Å². The summed E-state index contributed by atoms with van der Waals surface area (Å²) in [6.07, 6.45) is -0.0356. The van der Waals surface area contributed by atoms with Gasteiger partial charge < -0.3 is 10.1 Å². The summed E-state index contributed by atoms with van der Waals surface area (Å²) in [4.78, 5) is 21.6. The van der Waals surface area contributed by atoms with Crippen molar-refractivity contribution in [3.05, 3.63) is 0 Å². The largest absolute Gasteiger partial charge is 0.464 e. The maximum atomic E-state index is 12.7. The van der Waals surface area contributed by atoms with Crippen molar-refractivity contribution < 1.29 is 36.1 Å². The number of rotatable bonds is 3. The molecule has 92 valence electrons. The maximum absolute atomic E-state index is 12.7. The smallest absolute Gasteiger partial charge is 0.446 e. The molecule has 1 saturated heterocycles. The molecule has 10 heteroatoms. The second kappa shape index (κ2) is 3.94. The number of amides is 1. The minimum atomic E-state index is -5.86. The van der Waals surface area contributed by atoms with Crippen LogP contribution in [-0.2, 0) is 24.4 Å². The number of hydrogen-bond donors (Lipinski definition) is 2. The number of halogens is 2. The Bertz CT molecular complexity index is 419. The number of nitrogens with one attached hydrogen (secondary N) is 1. The Morgan fingerprint density at radius 2 is 2.12 bits per heavy atom. The molecule has 1 rings (SSSR count). The van der Waals surface area contributed by atoms with E-state index in [4.69, 9.17) is 4.55 Å². The van der Waals surface area contributed by atoms with E-state index >= 15 is 0 Å². The summed E-state index contributed by atoms with van der Waals surface area (Å²) in [6.45, 7) is -0.0543.